The fourth-order valence-corrected chi connectivity index (χ4v) is 3.66. The van der Waals surface area contributed by atoms with Crippen molar-refractivity contribution in [2.24, 2.45) is 0 Å². The molecule has 0 bridgehead atoms. The Bertz CT molecular complexity index is 1030. The molecule has 0 atom stereocenters. The molecule has 2 aromatic carbocycles. The Labute approximate surface area is 189 Å². The van der Waals surface area contributed by atoms with Crippen molar-refractivity contribution in [2.75, 3.05) is 45.2 Å². The van der Waals surface area contributed by atoms with Crippen molar-refractivity contribution in [3.63, 3.8) is 0 Å². The molecule has 0 aliphatic carbocycles. The van der Waals surface area contributed by atoms with Gasteiger partial charge in [-0.05, 0) is 31.7 Å². The van der Waals surface area contributed by atoms with E-state index >= 15 is 0 Å². The van der Waals surface area contributed by atoms with Gasteiger partial charge in [-0.25, -0.2) is 14.8 Å². The molecule has 2 heterocycles. The van der Waals surface area contributed by atoms with Gasteiger partial charge in [-0.1, -0.05) is 42.5 Å². The van der Waals surface area contributed by atoms with Crippen molar-refractivity contribution in [3.05, 3.63) is 71.9 Å². The highest BCUT2D eigenvalue weighted by Crippen LogP contribution is 2.24. The van der Waals surface area contributed by atoms with E-state index in [2.05, 4.69) is 44.3 Å². The van der Waals surface area contributed by atoms with Crippen LogP contribution < -0.4 is 5.32 Å². The monoisotopic (exact) mass is 431 g/mol. The average molecular weight is 432 g/mol. The van der Waals surface area contributed by atoms with Crippen LogP contribution in [0.3, 0.4) is 0 Å². The van der Waals surface area contributed by atoms with Gasteiger partial charge in [-0.3, -0.25) is 4.90 Å². The zero-order chi connectivity index (χ0) is 22.3. The first kappa shape index (κ1) is 21.9. The number of nitrogens with one attached hydrogen (secondary N) is 1. The molecule has 1 aliphatic heterocycles. The summed E-state index contributed by atoms with van der Waals surface area (Å²) in [4.78, 5) is 26.3. The van der Waals surface area contributed by atoms with Crippen LogP contribution in [0.1, 0.15) is 22.8 Å². The number of carbonyl (C=O) groups is 1. The maximum Gasteiger partial charge on any atom is 0.343 e. The van der Waals surface area contributed by atoms with Gasteiger partial charge in [-0.15, -0.1) is 0 Å². The van der Waals surface area contributed by atoms with Gasteiger partial charge in [0.2, 0.25) is 0 Å². The molecular formula is C25H29N5O2. The van der Waals surface area contributed by atoms with E-state index in [9.17, 15) is 4.79 Å². The second-order valence-electron chi connectivity index (χ2n) is 7.94. The quantitative estimate of drug-likeness (QED) is 0.571. The normalized spacial score (nSPS) is 14.8. The second-order valence-corrected chi connectivity index (χ2v) is 7.94. The maximum absolute atomic E-state index is 12.5. The Morgan fingerprint density at radius 2 is 1.75 bits per heavy atom. The zero-order valence-electron chi connectivity index (χ0n) is 18.6. The van der Waals surface area contributed by atoms with Crippen molar-refractivity contribution in [2.45, 2.75) is 13.5 Å². The molecule has 1 saturated heterocycles. The van der Waals surface area contributed by atoms with E-state index in [1.165, 1.54) is 11.8 Å². The van der Waals surface area contributed by atoms with Crippen LogP contribution in [0.2, 0.25) is 0 Å². The molecular weight excluding hydrogens is 402 g/mol. The van der Waals surface area contributed by atoms with Crippen LogP contribution in [0.4, 0.5) is 11.5 Å². The number of carbonyl (C=O) groups excluding carboxylic acids is 1. The summed E-state index contributed by atoms with van der Waals surface area (Å²) in [5.74, 6) is 0.540. The first-order chi connectivity index (χ1) is 15.6. The van der Waals surface area contributed by atoms with E-state index < -0.39 is 5.97 Å². The highest BCUT2D eigenvalue weighted by Gasteiger charge is 2.17. The van der Waals surface area contributed by atoms with Crippen LogP contribution in [-0.4, -0.2) is 65.6 Å². The first-order valence-electron chi connectivity index (χ1n) is 11.0. The SMILES string of the molecule is CCOC(=O)c1cnc(-c2ccccc2)nc1Nc1ccc(CN2CCN(C)CC2)cc1. The van der Waals surface area contributed by atoms with E-state index in [0.717, 1.165) is 44.0 Å². The lowest BCUT2D eigenvalue weighted by atomic mass is 10.1. The van der Waals surface area contributed by atoms with Crippen molar-refractivity contribution in [1.29, 1.82) is 0 Å². The summed E-state index contributed by atoms with van der Waals surface area (Å²) in [5, 5.41) is 3.29. The first-order valence-corrected chi connectivity index (χ1v) is 11.0. The highest BCUT2D eigenvalue weighted by molar-refractivity contribution is 5.95. The number of hydrogen-bond donors (Lipinski definition) is 1. The minimum absolute atomic E-state index is 0.291. The van der Waals surface area contributed by atoms with Gasteiger partial charge in [0.1, 0.15) is 11.4 Å². The number of likely N-dealkylation sites (N-methyl/N-ethyl adjacent to an activating group) is 1. The Morgan fingerprint density at radius 3 is 2.44 bits per heavy atom. The summed E-state index contributed by atoms with van der Waals surface area (Å²) in [6, 6.07) is 18.0. The van der Waals surface area contributed by atoms with Gasteiger partial charge >= 0.3 is 5.97 Å². The van der Waals surface area contributed by atoms with Crippen LogP contribution in [0.25, 0.3) is 11.4 Å². The molecule has 1 aliphatic rings. The standard InChI is InChI=1S/C25H29N5O2/c1-3-32-25(31)22-17-26-23(20-7-5-4-6-8-20)28-24(22)27-21-11-9-19(10-12-21)18-30-15-13-29(2)14-16-30/h4-12,17H,3,13-16,18H2,1-2H3,(H,26,27,28). The fourth-order valence-electron chi connectivity index (χ4n) is 3.66. The summed E-state index contributed by atoms with van der Waals surface area (Å²) in [5.41, 5.74) is 3.32. The predicted molar refractivity (Wildman–Crippen MR) is 126 cm³/mol. The molecule has 0 saturated carbocycles. The average Bonchev–Trinajstić information content (AvgIpc) is 2.82. The van der Waals surface area contributed by atoms with Gasteiger partial charge in [0.05, 0.1) is 6.61 Å². The van der Waals surface area contributed by atoms with Gasteiger partial charge < -0.3 is 15.0 Å². The van der Waals surface area contributed by atoms with Crippen molar-refractivity contribution >= 4 is 17.5 Å². The van der Waals surface area contributed by atoms with Crippen molar-refractivity contribution in [3.8, 4) is 11.4 Å². The molecule has 0 unspecified atom stereocenters. The van der Waals surface area contributed by atoms with Crippen LogP contribution in [-0.2, 0) is 11.3 Å². The maximum atomic E-state index is 12.5. The van der Waals surface area contributed by atoms with Gasteiger partial charge in [0.15, 0.2) is 5.82 Å². The minimum Gasteiger partial charge on any atom is -0.462 e. The van der Waals surface area contributed by atoms with E-state index in [1.54, 1.807) is 6.92 Å². The molecule has 0 radical (unpaired) electrons. The van der Waals surface area contributed by atoms with Crippen LogP contribution in [0.5, 0.6) is 0 Å². The molecule has 1 fully saturated rings. The number of esters is 1. The molecule has 32 heavy (non-hydrogen) atoms. The molecule has 0 amide bonds. The van der Waals surface area contributed by atoms with E-state index in [1.807, 2.05) is 42.5 Å². The number of hydrogen-bond acceptors (Lipinski definition) is 7. The minimum atomic E-state index is -0.443. The number of nitrogens with zero attached hydrogens (tertiary/aromatic N) is 4. The van der Waals surface area contributed by atoms with Crippen molar-refractivity contribution in [1.82, 2.24) is 19.8 Å². The lowest BCUT2D eigenvalue weighted by Gasteiger charge is -2.32. The molecule has 0 spiro atoms. The molecule has 166 valence electrons. The smallest absolute Gasteiger partial charge is 0.343 e. The third-order valence-electron chi connectivity index (χ3n) is 5.53. The largest absolute Gasteiger partial charge is 0.462 e. The van der Waals surface area contributed by atoms with Gasteiger partial charge in [0, 0.05) is 50.2 Å². The van der Waals surface area contributed by atoms with Crippen molar-refractivity contribution < 1.29 is 9.53 Å². The molecule has 7 heteroatoms. The van der Waals surface area contributed by atoms with E-state index in [-0.39, 0.29) is 0 Å². The topological polar surface area (TPSA) is 70.6 Å². The molecule has 7 nitrogen and oxygen atoms in total. The Kier molecular flexibility index (Phi) is 7.09. The molecule has 1 aromatic heterocycles. The lowest BCUT2D eigenvalue weighted by molar-refractivity contribution is 0.0526. The van der Waals surface area contributed by atoms with Crippen LogP contribution in [0.15, 0.2) is 60.8 Å². The summed E-state index contributed by atoms with van der Waals surface area (Å²) in [7, 11) is 2.17. The fraction of sp³-hybridized carbons (Fsp3) is 0.320. The summed E-state index contributed by atoms with van der Waals surface area (Å²) in [6.07, 6.45) is 1.53. The number of piperazine rings is 1. The van der Waals surface area contributed by atoms with Crippen LogP contribution in [0, 0.1) is 0 Å². The second kappa shape index (κ2) is 10.3. The van der Waals surface area contributed by atoms with Crippen LogP contribution >= 0.6 is 0 Å². The number of rotatable bonds is 7. The van der Waals surface area contributed by atoms with E-state index in [4.69, 9.17) is 4.74 Å². The number of benzene rings is 2. The third kappa shape index (κ3) is 5.49. The van der Waals surface area contributed by atoms with Gasteiger partial charge in [0.25, 0.3) is 0 Å². The number of ether oxygens (including phenoxy) is 1. The Hall–Kier alpha value is -3.29. The Balaban J connectivity index is 1.53. The molecule has 3 aromatic rings. The number of anilines is 2. The summed E-state index contributed by atoms with van der Waals surface area (Å²) in [6.45, 7) is 7.39. The summed E-state index contributed by atoms with van der Waals surface area (Å²) >= 11 is 0. The third-order valence-corrected chi connectivity index (χ3v) is 5.53. The number of aromatic nitrogens is 2. The highest BCUT2D eigenvalue weighted by atomic mass is 16.5. The summed E-state index contributed by atoms with van der Waals surface area (Å²) < 4.78 is 5.20. The molecule has 4 rings (SSSR count). The van der Waals surface area contributed by atoms with Gasteiger partial charge in [-0.2, -0.15) is 0 Å². The molecule has 1 N–H and O–H groups in total. The zero-order valence-corrected chi connectivity index (χ0v) is 18.6. The van der Waals surface area contributed by atoms with E-state index in [0.29, 0.717) is 23.8 Å². The lowest BCUT2D eigenvalue weighted by Crippen LogP contribution is -2.43. The Morgan fingerprint density at radius 1 is 1.03 bits per heavy atom. The predicted octanol–water partition coefficient (Wildman–Crippen LogP) is 3.81.